The third-order valence-electron chi connectivity index (χ3n) is 6.31. The maximum atomic E-state index is 13.6. The summed E-state index contributed by atoms with van der Waals surface area (Å²) in [7, 11) is -8.84. The van der Waals surface area contributed by atoms with Gasteiger partial charge in [-0.15, -0.1) is 0 Å². The van der Waals surface area contributed by atoms with Crippen LogP contribution >= 0.6 is 10.2 Å². The highest BCUT2D eigenvalue weighted by Crippen LogP contribution is 3.02. The van der Waals surface area contributed by atoms with E-state index >= 15 is 0 Å². The Morgan fingerprint density at radius 2 is 1.77 bits per heavy atom. The molecule has 0 radical (unpaired) electrons. The van der Waals surface area contributed by atoms with Gasteiger partial charge in [0, 0.05) is 54.8 Å². The summed E-state index contributed by atoms with van der Waals surface area (Å²) in [6, 6.07) is 10.6. The molecule has 5 rings (SSSR count). The van der Waals surface area contributed by atoms with Crippen LogP contribution in [0.2, 0.25) is 0 Å². The average Bonchev–Trinajstić information content (AvgIpc) is 3.46. The Morgan fingerprint density at radius 1 is 1.00 bits per heavy atom. The maximum absolute atomic E-state index is 13.6. The summed E-state index contributed by atoms with van der Waals surface area (Å²) in [6.07, 6.45) is 6.90. The average molecular weight is 578 g/mol. The van der Waals surface area contributed by atoms with Gasteiger partial charge in [0.2, 0.25) is 0 Å². The van der Waals surface area contributed by atoms with Crippen LogP contribution in [-0.2, 0) is 11.3 Å². The van der Waals surface area contributed by atoms with E-state index in [1.54, 1.807) is 54.4 Å². The lowest BCUT2D eigenvalue weighted by Gasteiger charge is -2.40. The van der Waals surface area contributed by atoms with Crippen molar-refractivity contribution in [1.82, 2.24) is 19.2 Å². The molecule has 2 aromatic carbocycles. The second-order valence-electron chi connectivity index (χ2n) is 9.42. The van der Waals surface area contributed by atoms with Gasteiger partial charge in [-0.1, -0.05) is 25.5 Å². The van der Waals surface area contributed by atoms with Gasteiger partial charge >= 0.3 is 10.2 Å². The molecule has 0 spiro atoms. The van der Waals surface area contributed by atoms with E-state index in [9.17, 15) is 24.2 Å². The highest BCUT2D eigenvalue weighted by atomic mass is 32.5. The van der Waals surface area contributed by atoms with Crippen molar-refractivity contribution in [3.8, 4) is 16.9 Å². The Morgan fingerprint density at radius 3 is 2.45 bits per heavy atom. The minimum Gasteiger partial charge on any atom is -0.380 e. The monoisotopic (exact) mass is 577 g/mol. The first-order chi connectivity index (χ1) is 18.6. The molecule has 1 amide bonds. The van der Waals surface area contributed by atoms with Gasteiger partial charge in [0.1, 0.15) is 10.5 Å². The van der Waals surface area contributed by atoms with E-state index in [-0.39, 0.29) is 18.2 Å². The normalized spacial score (nSPS) is 13.7. The lowest BCUT2D eigenvalue weighted by atomic mass is 10.1. The number of carbonyl (C=O) groups excluding carboxylic acids is 1. The molecule has 0 unspecified atom stereocenters. The Bertz CT molecular complexity index is 1770. The van der Waals surface area contributed by atoms with E-state index in [1.807, 2.05) is 23.6 Å². The molecular formula is C27H24F5N5O2S. The number of nitrogens with zero attached hydrogens (tertiary/aromatic N) is 4. The quantitative estimate of drug-likeness (QED) is 0.200. The van der Waals surface area contributed by atoms with Gasteiger partial charge in [-0.25, -0.2) is 4.52 Å². The lowest BCUT2D eigenvalue weighted by molar-refractivity contribution is 0.102. The number of hydrogen-bond donors (Lipinski definition) is 1. The zero-order chi connectivity index (χ0) is 28.9. The molecule has 0 aliphatic rings. The third-order valence-corrected chi connectivity index (χ3v) is 7.44. The summed E-state index contributed by atoms with van der Waals surface area (Å²) in [5.41, 5.74) is 3.92. The summed E-state index contributed by atoms with van der Waals surface area (Å²) >= 11 is 0. The number of nitrogens with one attached hydrogen (secondary N) is 1. The van der Waals surface area contributed by atoms with Crippen molar-refractivity contribution < 1.29 is 29.0 Å². The van der Waals surface area contributed by atoms with Gasteiger partial charge in [-0.2, -0.15) is 5.10 Å². The molecular weight excluding hydrogens is 553 g/mol. The Hall–Kier alpha value is -4.23. The minimum atomic E-state index is -10.1. The molecule has 0 bridgehead atoms. The summed E-state index contributed by atoms with van der Waals surface area (Å²) in [4.78, 5) is 15.1. The van der Waals surface area contributed by atoms with Crippen LogP contribution in [0.15, 0.2) is 78.2 Å². The van der Waals surface area contributed by atoms with Crippen molar-refractivity contribution in [2.45, 2.75) is 25.3 Å². The second kappa shape index (κ2) is 8.89. The number of fused-ring (bicyclic) bond motifs is 1. The molecule has 40 heavy (non-hydrogen) atoms. The van der Waals surface area contributed by atoms with Crippen LogP contribution in [0.1, 0.15) is 27.0 Å². The zero-order valence-electron chi connectivity index (χ0n) is 21.5. The zero-order valence-corrected chi connectivity index (χ0v) is 22.4. The van der Waals surface area contributed by atoms with E-state index < -0.39 is 26.6 Å². The molecule has 7 nitrogen and oxygen atoms in total. The van der Waals surface area contributed by atoms with E-state index in [0.29, 0.717) is 28.7 Å². The van der Waals surface area contributed by atoms with Crippen LogP contribution in [0.5, 0.6) is 0 Å². The summed E-state index contributed by atoms with van der Waals surface area (Å²) in [5, 5.41) is 7.16. The van der Waals surface area contributed by atoms with Crippen LogP contribution in [0.4, 0.5) is 25.1 Å². The summed E-state index contributed by atoms with van der Waals surface area (Å²) in [5.74, 6) is -0.972. The molecule has 13 heteroatoms. The number of amides is 1. The highest BCUT2D eigenvalue weighted by Gasteiger charge is 2.65. The SMILES string of the molecule is COCc1cc(C(=O)Nc2cc(-n3ccn4nc(-c5cccnc5)cc34)c(C)cc2C)cc(S(F)(F)(F)(F)F)c1. The first-order valence-electron chi connectivity index (χ1n) is 11.9. The number of carbonyl (C=O) groups is 1. The standard InChI is InChI=1S/C27H24F5N5O2S/c1-17-9-18(2)25(36-7-8-37-26(36)14-24(35-37)20-5-4-6-33-15-20)13-23(17)34-27(38)21-10-19(16-39-3)11-22(12-21)40(28,29,30,31)32/h4-15H,16H2,1-3H3,(H,34,38). The first kappa shape index (κ1) is 27.3. The number of aryl methyl sites for hydroxylation is 2. The first-order valence-corrected chi connectivity index (χ1v) is 13.9. The maximum Gasteiger partial charge on any atom is 0.310 e. The van der Waals surface area contributed by atoms with Gasteiger partial charge in [-0.05, 0) is 66.9 Å². The van der Waals surface area contributed by atoms with Crippen LogP contribution in [0.25, 0.3) is 22.6 Å². The Labute approximate surface area is 225 Å². The van der Waals surface area contributed by atoms with Crippen LogP contribution in [0.3, 0.4) is 0 Å². The highest BCUT2D eigenvalue weighted by molar-refractivity contribution is 8.45. The molecule has 0 saturated carbocycles. The van der Waals surface area contributed by atoms with Gasteiger partial charge < -0.3 is 10.1 Å². The van der Waals surface area contributed by atoms with Crippen molar-refractivity contribution >= 4 is 27.5 Å². The molecule has 1 N–H and O–H groups in total. The van der Waals surface area contributed by atoms with Crippen molar-refractivity contribution in [1.29, 1.82) is 0 Å². The predicted octanol–water partition coefficient (Wildman–Crippen LogP) is 7.86. The number of anilines is 1. The van der Waals surface area contributed by atoms with E-state index in [0.717, 1.165) is 22.8 Å². The van der Waals surface area contributed by atoms with E-state index in [2.05, 4.69) is 15.4 Å². The van der Waals surface area contributed by atoms with E-state index in [4.69, 9.17) is 4.74 Å². The van der Waals surface area contributed by atoms with Crippen molar-refractivity contribution in [2.75, 3.05) is 12.4 Å². The number of pyridine rings is 1. The second-order valence-corrected chi connectivity index (χ2v) is 11.8. The fourth-order valence-corrected chi connectivity index (χ4v) is 5.16. The number of rotatable bonds is 7. The number of imidazole rings is 1. The fourth-order valence-electron chi connectivity index (χ4n) is 4.43. The molecule has 3 heterocycles. The number of ether oxygens (including phenoxy) is 1. The van der Waals surface area contributed by atoms with Crippen LogP contribution < -0.4 is 5.32 Å². The molecule has 0 fully saturated rings. The Kier molecular flexibility index (Phi) is 6.08. The van der Waals surface area contributed by atoms with Crippen LogP contribution in [0, 0.1) is 13.8 Å². The lowest BCUT2D eigenvalue weighted by Crippen LogP contribution is -2.16. The molecule has 3 aromatic heterocycles. The smallest absolute Gasteiger partial charge is 0.310 e. The largest absolute Gasteiger partial charge is 0.380 e. The number of methoxy groups -OCH3 is 1. The van der Waals surface area contributed by atoms with Crippen LogP contribution in [-0.4, -0.2) is 32.2 Å². The van der Waals surface area contributed by atoms with Gasteiger partial charge in [-0.3, -0.25) is 14.3 Å². The van der Waals surface area contributed by atoms with E-state index in [1.165, 1.54) is 7.11 Å². The third kappa shape index (κ3) is 5.42. The molecule has 0 aliphatic carbocycles. The number of aromatic nitrogens is 4. The summed E-state index contributed by atoms with van der Waals surface area (Å²) < 4.78 is 76.4. The molecule has 5 aromatic rings. The van der Waals surface area contributed by atoms with Crippen molar-refractivity contribution in [3.63, 3.8) is 0 Å². The topological polar surface area (TPSA) is 73.5 Å². The molecule has 0 saturated heterocycles. The molecule has 0 atom stereocenters. The molecule has 0 aliphatic heterocycles. The fraction of sp³-hybridized carbons (Fsp3) is 0.148. The number of benzene rings is 2. The van der Waals surface area contributed by atoms with Gasteiger partial charge in [0.05, 0.1) is 18.0 Å². The Balaban J connectivity index is 1.53. The van der Waals surface area contributed by atoms with Crippen molar-refractivity contribution in [3.05, 3.63) is 95.6 Å². The summed E-state index contributed by atoms with van der Waals surface area (Å²) in [6.45, 7) is 3.21. The van der Waals surface area contributed by atoms with Crippen molar-refractivity contribution in [2.24, 2.45) is 0 Å². The van der Waals surface area contributed by atoms with Gasteiger partial charge in [0.25, 0.3) is 5.91 Å². The predicted molar refractivity (Wildman–Crippen MR) is 144 cm³/mol. The number of halogens is 5. The minimum absolute atomic E-state index is 0.169. The number of hydrogen-bond acceptors (Lipinski definition) is 4. The molecule has 210 valence electrons. The van der Waals surface area contributed by atoms with Gasteiger partial charge in [0.15, 0.2) is 0 Å².